The lowest BCUT2D eigenvalue weighted by Gasteiger charge is -2.22. The number of anilines is 1. The van der Waals surface area contributed by atoms with Crippen LogP contribution in [0.15, 0.2) is 28.7 Å². The average molecular weight is 456 g/mol. The number of nitrogens with zero attached hydrogens (tertiary/aromatic N) is 3. The van der Waals surface area contributed by atoms with Gasteiger partial charge in [0.1, 0.15) is 5.01 Å². The van der Waals surface area contributed by atoms with E-state index >= 15 is 0 Å². The zero-order valence-electron chi connectivity index (χ0n) is 15.2. The van der Waals surface area contributed by atoms with Gasteiger partial charge < -0.3 is 20.3 Å². The number of rotatable bonds is 9. The van der Waals surface area contributed by atoms with Crippen molar-refractivity contribution in [2.45, 2.75) is 13.3 Å². The van der Waals surface area contributed by atoms with Crippen LogP contribution in [-0.4, -0.2) is 60.4 Å². The molecule has 2 aromatic rings. The van der Waals surface area contributed by atoms with Gasteiger partial charge in [0.15, 0.2) is 0 Å². The van der Waals surface area contributed by atoms with Crippen molar-refractivity contribution in [3.05, 3.63) is 28.7 Å². The second-order valence-electron chi connectivity index (χ2n) is 5.54. The second kappa shape index (κ2) is 11.0. The molecule has 0 unspecified atom stereocenters. The number of halogens is 1. The number of nitrogens with one attached hydrogen (secondary N) is 2. The molecule has 0 aliphatic carbocycles. The topological polar surface area (TPSA) is 96.5 Å². The molecule has 0 aliphatic rings. The Balaban J connectivity index is 1.90. The molecule has 27 heavy (non-hydrogen) atoms. The maximum absolute atomic E-state index is 12.2. The van der Waals surface area contributed by atoms with Crippen molar-refractivity contribution < 1.29 is 14.3 Å². The highest BCUT2D eigenvalue weighted by Gasteiger charge is 2.15. The van der Waals surface area contributed by atoms with Crippen LogP contribution < -0.4 is 10.6 Å². The Morgan fingerprint density at radius 3 is 2.81 bits per heavy atom. The highest BCUT2D eigenvalue weighted by molar-refractivity contribution is 9.10. The van der Waals surface area contributed by atoms with Crippen molar-refractivity contribution in [2.75, 3.05) is 38.7 Å². The van der Waals surface area contributed by atoms with Gasteiger partial charge in [0, 0.05) is 43.2 Å². The van der Waals surface area contributed by atoms with Crippen molar-refractivity contribution in [3.63, 3.8) is 0 Å². The average Bonchev–Trinajstić information content (AvgIpc) is 3.10. The summed E-state index contributed by atoms with van der Waals surface area (Å²) in [5.41, 5.74) is 0.921. The van der Waals surface area contributed by atoms with Crippen molar-refractivity contribution in [2.24, 2.45) is 0 Å². The van der Waals surface area contributed by atoms with Gasteiger partial charge >= 0.3 is 6.03 Å². The number of benzene rings is 1. The molecule has 146 valence electrons. The number of urea groups is 1. The fraction of sp³-hybridized carbons (Fsp3) is 0.412. The molecule has 2 rings (SSSR count). The molecule has 8 nitrogen and oxygen atoms in total. The Bertz CT molecular complexity index is 771. The van der Waals surface area contributed by atoms with Gasteiger partial charge in [0.05, 0.1) is 6.61 Å². The van der Waals surface area contributed by atoms with Crippen LogP contribution in [0.4, 0.5) is 9.93 Å². The minimum Gasteiger partial charge on any atom is -0.383 e. The monoisotopic (exact) mass is 455 g/mol. The van der Waals surface area contributed by atoms with Crippen molar-refractivity contribution >= 4 is 44.3 Å². The molecule has 1 aromatic heterocycles. The highest BCUT2D eigenvalue weighted by Crippen LogP contribution is 2.28. The molecule has 3 amide bonds. The molecule has 0 saturated carbocycles. The second-order valence-corrected chi connectivity index (χ2v) is 7.43. The van der Waals surface area contributed by atoms with Crippen LogP contribution in [0.3, 0.4) is 0 Å². The van der Waals surface area contributed by atoms with E-state index in [4.69, 9.17) is 4.74 Å². The lowest BCUT2D eigenvalue weighted by Crippen LogP contribution is -2.42. The van der Waals surface area contributed by atoms with Crippen LogP contribution in [-0.2, 0) is 9.53 Å². The largest absolute Gasteiger partial charge is 0.383 e. The number of carbonyl (C=O) groups is 2. The van der Waals surface area contributed by atoms with Gasteiger partial charge in [-0.3, -0.25) is 4.79 Å². The molecule has 0 aliphatic heterocycles. The van der Waals surface area contributed by atoms with Gasteiger partial charge in [-0.15, -0.1) is 10.2 Å². The first-order valence-electron chi connectivity index (χ1n) is 8.44. The summed E-state index contributed by atoms with van der Waals surface area (Å²) in [6, 6.07) is 7.49. The van der Waals surface area contributed by atoms with E-state index in [-0.39, 0.29) is 24.9 Å². The van der Waals surface area contributed by atoms with E-state index in [1.54, 1.807) is 12.0 Å². The van der Waals surface area contributed by atoms with Crippen molar-refractivity contribution in [1.29, 1.82) is 0 Å². The normalized spacial score (nSPS) is 10.5. The summed E-state index contributed by atoms with van der Waals surface area (Å²) < 4.78 is 5.96. The quantitative estimate of drug-likeness (QED) is 0.605. The molecular weight excluding hydrogens is 434 g/mol. The summed E-state index contributed by atoms with van der Waals surface area (Å²) in [6.45, 7) is 3.49. The van der Waals surface area contributed by atoms with Gasteiger partial charge in [-0.25, -0.2) is 4.79 Å². The summed E-state index contributed by atoms with van der Waals surface area (Å²) in [5, 5.41) is 14.7. The minimum absolute atomic E-state index is 0.159. The molecule has 10 heteroatoms. The third-order valence-electron chi connectivity index (χ3n) is 3.53. The van der Waals surface area contributed by atoms with Crippen LogP contribution in [0, 0.1) is 0 Å². The maximum Gasteiger partial charge on any atom is 0.317 e. The predicted octanol–water partition coefficient (Wildman–Crippen LogP) is 2.97. The SMILES string of the molecule is CCNC(=O)N(CCOC)CCC(=O)Nc1nnc(-c2cccc(Br)c2)s1. The highest BCUT2D eigenvalue weighted by atomic mass is 79.9. The number of carbonyl (C=O) groups excluding carboxylic acids is 2. The summed E-state index contributed by atoms with van der Waals surface area (Å²) in [5.74, 6) is -0.223. The number of ether oxygens (including phenoxy) is 1. The van der Waals surface area contributed by atoms with Crippen LogP contribution in [0.25, 0.3) is 10.6 Å². The van der Waals surface area contributed by atoms with Crippen molar-refractivity contribution in [1.82, 2.24) is 20.4 Å². The van der Waals surface area contributed by atoms with Gasteiger partial charge in [0.25, 0.3) is 0 Å². The summed E-state index contributed by atoms with van der Waals surface area (Å²) >= 11 is 4.72. The maximum atomic E-state index is 12.2. The van der Waals surface area contributed by atoms with Crippen LogP contribution in [0.5, 0.6) is 0 Å². The fourth-order valence-electron chi connectivity index (χ4n) is 2.21. The number of methoxy groups -OCH3 is 1. The Morgan fingerprint density at radius 1 is 1.30 bits per heavy atom. The van der Waals surface area contributed by atoms with E-state index in [2.05, 4.69) is 36.8 Å². The van der Waals surface area contributed by atoms with Gasteiger partial charge in [0.2, 0.25) is 11.0 Å². The lowest BCUT2D eigenvalue weighted by molar-refractivity contribution is -0.116. The van der Waals surface area contributed by atoms with E-state index in [0.29, 0.717) is 24.8 Å². The predicted molar refractivity (Wildman–Crippen MR) is 109 cm³/mol. The summed E-state index contributed by atoms with van der Waals surface area (Å²) in [4.78, 5) is 25.8. The van der Waals surface area contributed by atoms with Crippen LogP contribution in [0.1, 0.15) is 13.3 Å². The van der Waals surface area contributed by atoms with Gasteiger partial charge in [-0.2, -0.15) is 0 Å². The third-order valence-corrected chi connectivity index (χ3v) is 4.91. The van der Waals surface area contributed by atoms with Crippen LogP contribution in [0.2, 0.25) is 0 Å². The van der Waals surface area contributed by atoms with Crippen LogP contribution >= 0.6 is 27.3 Å². The van der Waals surface area contributed by atoms with E-state index in [1.165, 1.54) is 11.3 Å². The fourth-order valence-corrected chi connectivity index (χ4v) is 3.36. The molecule has 0 fully saturated rings. The number of hydrogen-bond donors (Lipinski definition) is 2. The van der Waals surface area contributed by atoms with E-state index in [1.807, 2.05) is 31.2 Å². The zero-order valence-corrected chi connectivity index (χ0v) is 17.6. The smallest absolute Gasteiger partial charge is 0.317 e. The molecule has 1 aromatic carbocycles. The first kappa shape index (κ1) is 21.3. The summed E-state index contributed by atoms with van der Waals surface area (Å²) in [7, 11) is 1.57. The Morgan fingerprint density at radius 2 is 2.11 bits per heavy atom. The molecule has 0 bridgehead atoms. The number of aromatic nitrogens is 2. The molecule has 0 saturated heterocycles. The number of hydrogen-bond acceptors (Lipinski definition) is 6. The Kier molecular flexibility index (Phi) is 8.62. The number of amides is 3. The summed E-state index contributed by atoms with van der Waals surface area (Å²) in [6.07, 6.45) is 0.159. The molecule has 0 atom stereocenters. The third kappa shape index (κ3) is 6.89. The van der Waals surface area contributed by atoms with Crippen molar-refractivity contribution in [3.8, 4) is 10.6 Å². The Labute approximate surface area is 170 Å². The molecular formula is C17H22BrN5O3S. The molecule has 1 heterocycles. The van der Waals surface area contributed by atoms with E-state index in [0.717, 1.165) is 15.0 Å². The zero-order chi connectivity index (χ0) is 19.6. The molecule has 0 radical (unpaired) electrons. The minimum atomic E-state index is -0.223. The lowest BCUT2D eigenvalue weighted by atomic mass is 10.2. The van der Waals surface area contributed by atoms with Gasteiger partial charge in [-0.1, -0.05) is 39.4 Å². The van der Waals surface area contributed by atoms with E-state index < -0.39 is 0 Å². The van der Waals surface area contributed by atoms with E-state index in [9.17, 15) is 9.59 Å². The first-order chi connectivity index (χ1) is 13.0. The molecule has 0 spiro atoms. The standard InChI is InChI=1S/C17H22BrN5O3S/c1-3-19-17(25)23(9-10-26-2)8-7-14(24)20-16-22-21-15(27-16)12-5-4-6-13(18)11-12/h4-6,11H,3,7-10H2,1-2H3,(H,19,25)(H,20,22,24). The Hall–Kier alpha value is -2.04. The first-order valence-corrected chi connectivity index (χ1v) is 10.1. The molecule has 2 N–H and O–H groups in total. The van der Waals surface area contributed by atoms with Gasteiger partial charge in [-0.05, 0) is 19.1 Å².